The minimum atomic E-state index is -0.563. The lowest BCUT2D eigenvalue weighted by Crippen LogP contribution is -2.47. The molecule has 0 unspecified atom stereocenters. The zero-order chi connectivity index (χ0) is 12.9. The maximum absolute atomic E-state index is 6.57. The van der Waals surface area contributed by atoms with Gasteiger partial charge >= 0.3 is 0 Å². The summed E-state index contributed by atoms with van der Waals surface area (Å²) in [5.41, 5.74) is 13.4. The molecule has 0 aromatic heterocycles. The van der Waals surface area contributed by atoms with Crippen LogP contribution in [0.3, 0.4) is 0 Å². The monoisotopic (exact) mass is 238 g/mol. The van der Waals surface area contributed by atoms with E-state index in [1.54, 1.807) is 0 Å². The molecular formula is C16H18N2. The summed E-state index contributed by atoms with van der Waals surface area (Å²) in [7, 11) is 1.92. The van der Waals surface area contributed by atoms with Gasteiger partial charge in [0.25, 0.3) is 0 Å². The summed E-state index contributed by atoms with van der Waals surface area (Å²) in [6.45, 7) is 4.23. The molecular weight excluding hydrogens is 220 g/mol. The number of fused-ring (bicyclic) bond motifs is 3. The van der Waals surface area contributed by atoms with E-state index in [-0.39, 0.29) is 0 Å². The number of nitrogens with one attached hydrogen (secondary N) is 1. The van der Waals surface area contributed by atoms with Gasteiger partial charge in [-0.25, -0.2) is 0 Å². The molecule has 18 heavy (non-hydrogen) atoms. The Morgan fingerprint density at radius 1 is 0.889 bits per heavy atom. The maximum atomic E-state index is 6.57. The summed E-state index contributed by atoms with van der Waals surface area (Å²) >= 11 is 0. The summed E-state index contributed by atoms with van der Waals surface area (Å²) in [5, 5.41) is 3.27. The van der Waals surface area contributed by atoms with Crippen LogP contribution in [0.15, 0.2) is 36.4 Å². The first-order chi connectivity index (χ1) is 8.56. The Hall–Kier alpha value is -1.64. The van der Waals surface area contributed by atoms with E-state index in [1.807, 2.05) is 7.05 Å². The molecule has 2 aromatic carbocycles. The standard InChI is InChI=1S/C16H18N2/c1-10-4-6-14-12(8-10)13-9-11(2)5-7-15(13)16(14,17)18-3/h4-9,18H,17H2,1-3H3. The van der Waals surface area contributed by atoms with Gasteiger partial charge in [0.05, 0.1) is 0 Å². The van der Waals surface area contributed by atoms with Crippen molar-refractivity contribution in [3.05, 3.63) is 58.7 Å². The average molecular weight is 238 g/mol. The van der Waals surface area contributed by atoms with Gasteiger partial charge in [-0.15, -0.1) is 0 Å². The Morgan fingerprint density at radius 3 is 1.72 bits per heavy atom. The van der Waals surface area contributed by atoms with E-state index in [0.29, 0.717) is 0 Å². The topological polar surface area (TPSA) is 38.0 Å². The highest BCUT2D eigenvalue weighted by Crippen LogP contribution is 2.44. The van der Waals surface area contributed by atoms with E-state index in [0.717, 1.165) is 11.1 Å². The predicted octanol–water partition coefficient (Wildman–Crippen LogP) is 2.66. The zero-order valence-electron chi connectivity index (χ0n) is 11.0. The van der Waals surface area contributed by atoms with Crippen LogP contribution < -0.4 is 11.1 Å². The number of benzene rings is 2. The van der Waals surface area contributed by atoms with Crippen molar-refractivity contribution in [3.8, 4) is 11.1 Å². The van der Waals surface area contributed by atoms with Crippen LogP contribution in [-0.2, 0) is 5.66 Å². The molecule has 0 heterocycles. The minimum absolute atomic E-state index is 0.563. The van der Waals surface area contributed by atoms with Crippen molar-refractivity contribution in [1.82, 2.24) is 5.32 Å². The highest BCUT2D eigenvalue weighted by molar-refractivity contribution is 5.81. The lowest BCUT2D eigenvalue weighted by atomic mass is 9.97. The summed E-state index contributed by atoms with van der Waals surface area (Å²) < 4.78 is 0. The minimum Gasteiger partial charge on any atom is -0.306 e. The van der Waals surface area contributed by atoms with Crippen molar-refractivity contribution >= 4 is 0 Å². The fraction of sp³-hybridized carbons (Fsp3) is 0.250. The molecule has 1 aliphatic carbocycles. The van der Waals surface area contributed by atoms with Gasteiger partial charge in [0.2, 0.25) is 0 Å². The molecule has 0 aliphatic heterocycles. The van der Waals surface area contributed by atoms with Crippen molar-refractivity contribution in [1.29, 1.82) is 0 Å². The lowest BCUT2D eigenvalue weighted by molar-refractivity contribution is 0.469. The van der Waals surface area contributed by atoms with E-state index in [4.69, 9.17) is 5.73 Å². The number of hydrogen-bond acceptors (Lipinski definition) is 2. The molecule has 1 aliphatic rings. The van der Waals surface area contributed by atoms with Crippen molar-refractivity contribution < 1.29 is 0 Å². The number of nitrogens with two attached hydrogens (primary N) is 1. The average Bonchev–Trinajstić information content (AvgIpc) is 2.60. The molecule has 0 amide bonds. The molecule has 2 nitrogen and oxygen atoms in total. The molecule has 0 radical (unpaired) electrons. The van der Waals surface area contributed by atoms with Gasteiger partial charge in [0.15, 0.2) is 0 Å². The second-order valence-corrected chi connectivity index (χ2v) is 5.16. The van der Waals surface area contributed by atoms with Crippen LogP contribution in [0.25, 0.3) is 11.1 Å². The van der Waals surface area contributed by atoms with Crippen LogP contribution in [0.1, 0.15) is 22.3 Å². The molecule has 0 saturated carbocycles. The van der Waals surface area contributed by atoms with Crippen molar-refractivity contribution in [3.63, 3.8) is 0 Å². The summed E-state index contributed by atoms with van der Waals surface area (Å²) in [6, 6.07) is 13.0. The lowest BCUT2D eigenvalue weighted by Gasteiger charge is -2.26. The van der Waals surface area contributed by atoms with Crippen LogP contribution in [0, 0.1) is 13.8 Å². The summed E-state index contributed by atoms with van der Waals surface area (Å²) in [4.78, 5) is 0. The quantitative estimate of drug-likeness (QED) is 0.750. The van der Waals surface area contributed by atoms with Gasteiger partial charge in [-0.05, 0) is 43.1 Å². The molecule has 0 spiro atoms. The molecule has 2 aromatic rings. The third-order valence-corrected chi connectivity index (χ3v) is 3.88. The van der Waals surface area contributed by atoms with Gasteiger partial charge in [-0.3, -0.25) is 5.32 Å². The van der Waals surface area contributed by atoms with Gasteiger partial charge in [-0.1, -0.05) is 47.5 Å². The van der Waals surface area contributed by atoms with Crippen molar-refractivity contribution in [2.45, 2.75) is 19.5 Å². The first-order valence-electron chi connectivity index (χ1n) is 6.26. The largest absolute Gasteiger partial charge is 0.306 e. The van der Waals surface area contributed by atoms with Gasteiger partial charge < -0.3 is 5.73 Å². The van der Waals surface area contributed by atoms with Crippen LogP contribution in [-0.4, -0.2) is 7.05 Å². The Kier molecular flexibility index (Phi) is 2.34. The number of hydrogen-bond donors (Lipinski definition) is 2. The normalized spacial score (nSPS) is 15.3. The van der Waals surface area contributed by atoms with Gasteiger partial charge in [-0.2, -0.15) is 0 Å². The van der Waals surface area contributed by atoms with Crippen molar-refractivity contribution in [2.75, 3.05) is 7.05 Å². The fourth-order valence-corrected chi connectivity index (χ4v) is 2.86. The number of rotatable bonds is 1. The van der Waals surface area contributed by atoms with Crippen LogP contribution in [0.4, 0.5) is 0 Å². The SMILES string of the molecule is CNC1(N)c2ccc(C)cc2-c2cc(C)ccc21. The van der Waals surface area contributed by atoms with Crippen molar-refractivity contribution in [2.24, 2.45) is 5.73 Å². The molecule has 0 saturated heterocycles. The van der Waals surface area contributed by atoms with E-state index < -0.39 is 5.66 Å². The zero-order valence-corrected chi connectivity index (χ0v) is 11.0. The molecule has 2 heteroatoms. The Bertz CT molecular complexity index is 577. The first kappa shape index (κ1) is 11.5. The smallest absolute Gasteiger partial charge is 0.120 e. The summed E-state index contributed by atoms with van der Waals surface area (Å²) in [5.74, 6) is 0. The number of aryl methyl sites for hydroxylation is 2. The van der Waals surface area contributed by atoms with E-state index in [1.165, 1.54) is 22.3 Å². The van der Waals surface area contributed by atoms with Crippen LogP contribution in [0.5, 0.6) is 0 Å². The highest BCUT2D eigenvalue weighted by Gasteiger charge is 2.38. The Balaban J connectivity index is 2.38. The molecule has 3 N–H and O–H groups in total. The van der Waals surface area contributed by atoms with Crippen LogP contribution >= 0.6 is 0 Å². The third kappa shape index (κ3) is 1.36. The van der Waals surface area contributed by atoms with E-state index >= 15 is 0 Å². The first-order valence-corrected chi connectivity index (χ1v) is 6.26. The molecule has 92 valence electrons. The molecule has 0 fully saturated rings. The second-order valence-electron chi connectivity index (χ2n) is 5.16. The molecule has 3 rings (SSSR count). The highest BCUT2D eigenvalue weighted by atomic mass is 15.1. The fourth-order valence-electron chi connectivity index (χ4n) is 2.86. The Labute approximate surface area is 108 Å². The molecule has 0 atom stereocenters. The second kappa shape index (κ2) is 3.67. The summed E-state index contributed by atoms with van der Waals surface area (Å²) in [6.07, 6.45) is 0. The maximum Gasteiger partial charge on any atom is 0.120 e. The third-order valence-electron chi connectivity index (χ3n) is 3.88. The predicted molar refractivity (Wildman–Crippen MR) is 75.4 cm³/mol. The van der Waals surface area contributed by atoms with E-state index in [9.17, 15) is 0 Å². The van der Waals surface area contributed by atoms with Gasteiger partial charge in [0.1, 0.15) is 5.66 Å². The molecule has 0 bridgehead atoms. The van der Waals surface area contributed by atoms with Gasteiger partial charge in [0, 0.05) is 0 Å². The Morgan fingerprint density at radius 2 is 1.33 bits per heavy atom. The van der Waals surface area contributed by atoms with Crippen LogP contribution in [0.2, 0.25) is 0 Å². The van der Waals surface area contributed by atoms with E-state index in [2.05, 4.69) is 55.6 Å².